The van der Waals surface area contributed by atoms with E-state index in [9.17, 15) is 39.9 Å². The lowest BCUT2D eigenvalue weighted by atomic mass is 10.1. The van der Waals surface area contributed by atoms with Crippen LogP contribution in [0.2, 0.25) is 0 Å². The molecular weight excluding hydrogens is 488 g/mol. The Morgan fingerprint density at radius 3 is 1.77 bits per heavy atom. The van der Waals surface area contributed by atoms with Crippen molar-refractivity contribution in [3.05, 3.63) is 65.7 Å². The van der Waals surface area contributed by atoms with Crippen LogP contribution in [0.25, 0.3) is 29.0 Å². The van der Waals surface area contributed by atoms with Crippen LogP contribution in [0.1, 0.15) is 11.1 Å². The van der Waals surface area contributed by atoms with Gasteiger partial charge in [0.2, 0.25) is 5.91 Å². The van der Waals surface area contributed by atoms with Gasteiger partial charge in [0.1, 0.15) is 0 Å². The van der Waals surface area contributed by atoms with Crippen molar-refractivity contribution in [3.63, 3.8) is 0 Å². The largest absolute Gasteiger partial charge is 0.416 e. The molecule has 4 rings (SSSR count). The van der Waals surface area contributed by atoms with E-state index in [-0.39, 0.29) is 22.8 Å². The Morgan fingerprint density at radius 2 is 1.31 bits per heavy atom. The van der Waals surface area contributed by atoms with Crippen LogP contribution in [0.4, 0.5) is 35.1 Å². The Hall–Kier alpha value is -3.77. The Bertz CT molecular complexity index is 1250. The average Bonchev–Trinajstić information content (AvgIpc) is 3.19. The lowest BCUT2D eigenvalue weighted by Gasteiger charge is -2.37. The van der Waals surface area contributed by atoms with Gasteiger partial charge in [-0.25, -0.2) is 18.4 Å². The van der Waals surface area contributed by atoms with Crippen LogP contribution in [0.3, 0.4) is 0 Å². The van der Waals surface area contributed by atoms with Crippen LogP contribution in [0, 0.1) is 0 Å². The average molecular weight is 502 g/mol. The second-order valence-electron chi connectivity index (χ2n) is 7.72. The molecule has 1 aromatic heterocycles. The molecule has 5 nitrogen and oxygen atoms in total. The molecule has 0 aliphatic carbocycles. The van der Waals surface area contributed by atoms with Gasteiger partial charge in [-0.15, -0.1) is 5.10 Å². The summed E-state index contributed by atoms with van der Waals surface area (Å²) in [6.07, 6.45) is -7.11. The number of carbonyl (C=O) groups is 1. The van der Waals surface area contributed by atoms with Crippen molar-refractivity contribution in [3.8, 4) is 22.8 Å². The first-order chi connectivity index (χ1) is 16.2. The predicted octanol–water partition coefficient (Wildman–Crippen LogP) is 5.60. The van der Waals surface area contributed by atoms with Crippen LogP contribution in [0.5, 0.6) is 0 Å². The van der Waals surface area contributed by atoms with Gasteiger partial charge in [0.25, 0.3) is 5.92 Å². The Kier molecular flexibility index (Phi) is 5.89. The van der Waals surface area contributed by atoms with Crippen molar-refractivity contribution in [1.29, 1.82) is 0 Å². The molecule has 1 aliphatic rings. The maximum atomic E-state index is 13.0. The molecule has 1 fully saturated rings. The Balaban J connectivity index is 1.68. The maximum absolute atomic E-state index is 13.0. The first kappa shape index (κ1) is 24.4. The second-order valence-corrected chi connectivity index (χ2v) is 7.72. The van der Waals surface area contributed by atoms with E-state index in [0.29, 0.717) is 0 Å². The number of amides is 1. The lowest BCUT2D eigenvalue weighted by Crippen LogP contribution is -2.58. The zero-order valence-electron chi connectivity index (χ0n) is 17.4. The molecule has 1 aliphatic heterocycles. The van der Waals surface area contributed by atoms with Gasteiger partial charge >= 0.3 is 12.4 Å². The fourth-order valence-corrected chi connectivity index (χ4v) is 3.27. The third-order valence-electron chi connectivity index (χ3n) is 5.09. The summed E-state index contributed by atoms with van der Waals surface area (Å²) in [5.74, 6) is -3.81. The summed E-state index contributed by atoms with van der Waals surface area (Å²) in [5.41, 5.74) is -1.48. The first-order valence-corrected chi connectivity index (χ1v) is 9.90. The normalized spacial score (nSPS) is 15.9. The number of alkyl halides is 8. The van der Waals surface area contributed by atoms with E-state index in [2.05, 4.69) is 10.1 Å². The van der Waals surface area contributed by atoms with Crippen LogP contribution in [0.15, 0.2) is 54.6 Å². The van der Waals surface area contributed by atoms with Gasteiger partial charge in [0.05, 0.1) is 24.2 Å². The van der Waals surface area contributed by atoms with Crippen LogP contribution in [-0.2, 0) is 17.1 Å². The van der Waals surface area contributed by atoms with Gasteiger partial charge in [-0.2, -0.15) is 26.3 Å². The first-order valence-electron chi connectivity index (χ1n) is 9.90. The number of nitrogens with zero attached hydrogens (tertiary/aromatic N) is 4. The minimum atomic E-state index is -4.58. The minimum Gasteiger partial charge on any atom is -0.327 e. The van der Waals surface area contributed by atoms with Gasteiger partial charge < -0.3 is 4.90 Å². The number of aromatic nitrogens is 3. The number of benzene rings is 2. The van der Waals surface area contributed by atoms with E-state index >= 15 is 0 Å². The molecule has 1 amide bonds. The van der Waals surface area contributed by atoms with Crippen molar-refractivity contribution < 1.29 is 39.9 Å². The van der Waals surface area contributed by atoms with Crippen molar-refractivity contribution in [2.75, 3.05) is 13.1 Å². The molecule has 0 bridgehead atoms. The zero-order chi connectivity index (χ0) is 25.6. The van der Waals surface area contributed by atoms with Crippen LogP contribution < -0.4 is 0 Å². The molecule has 0 N–H and O–H groups in total. The highest BCUT2D eigenvalue weighted by Crippen LogP contribution is 2.33. The summed E-state index contributed by atoms with van der Waals surface area (Å²) < 4.78 is 104. The van der Waals surface area contributed by atoms with Crippen molar-refractivity contribution in [2.45, 2.75) is 18.3 Å². The summed E-state index contributed by atoms with van der Waals surface area (Å²) in [4.78, 5) is 17.2. The highest BCUT2D eigenvalue weighted by atomic mass is 19.4. The summed E-state index contributed by atoms with van der Waals surface area (Å²) in [6, 6.07) is 7.73. The molecule has 0 spiro atoms. The monoisotopic (exact) mass is 502 g/mol. The number of likely N-dealkylation sites (tertiary alicyclic amines) is 1. The van der Waals surface area contributed by atoms with Gasteiger partial charge in [0.15, 0.2) is 11.6 Å². The molecule has 0 unspecified atom stereocenters. The molecule has 13 heteroatoms. The minimum absolute atomic E-state index is 0.0217. The fraction of sp³-hybridized carbons (Fsp3) is 0.227. The summed E-state index contributed by atoms with van der Waals surface area (Å²) in [7, 11) is 0. The number of hydrogen-bond donors (Lipinski definition) is 0. The van der Waals surface area contributed by atoms with E-state index in [1.165, 1.54) is 0 Å². The smallest absolute Gasteiger partial charge is 0.327 e. The summed E-state index contributed by atoms with van der Waals surface area (Å²) >= 11 is 0. The molecule has 2 aromatic carbocycles. The van der Waals surface area contributed by atoms with E-state index in [1.54, 1.807) is 0 Å². The van der Waals surface area contributed by atoms with Crippen LogP contribution in [-0.4, -0.2) is 44.6 Å². The van der Waals surface area contributed by atoms with E-state index in [1.807, 2.05) is 0 Å². The predicted molar refractivity (Wildman–Crippen MR) is 108 cm³/mol. The highest BCUT2D eigenvalue weighted by molar-refractivity contribution is 5.91. The lowest BCUT2D eigenvalue weighted by molar-refractivity contribution is -0.160. The van der Waals surface area contributed by atoms with E-state index < -0.39 is 48.4 Å². The zero-order valence-corrected chi connectivity index (χ0v) is 17.4. The van der Waals surface area contributed by atoms with Gasteiger partial charge in [-0.1, -0.05) is 24.3 Å². The Morgan fingerprint density at radius 1 is 0.829 bits per heavy atom. The number of carbonyl (C=O) groups excluding carboxylic acids is 1. The quantitative estimate of drug-likeness (QED) is 0.345. The third-order valence-corrected chi connectivity index (χ3v) is 5.09. The molecule has 0 atom stereocenters. The highest BCUT2D eigenvalue weighted by Gasteiger charge is 2.45. The van der Waals surface area contributed by atoms with E-state index in [4.69, 9.17) is 0 Å². The van der Waals surface area contributed by atoms with Crippen molar-refractivity contribution >= 4 is 12.1 Å². The Labute approximate surface area is 192 Å². The number of rotatable bonds is 4. The summed E-state index contributed by atoms with van der Waals surface area (Å²) in [6.45, 7) is -1.51. The van der Waals surface area contributed by atoms with Gasteiger partial charge in [-0.3, -0.25) is 4.79 Å². The molecular formula is C22H14F8N4O. The molecule has 3 aromatic rings. The molecule has 35 heavy (non-hydrogen) atoms. The van der Waals surface area contributed by atoms with Gasteiger partial charge in [-0.05, 0) is 24.3 Å². The van der Waals surface area contributed by atoms with Crippen molar-refractivity contribution in [1.82, 2.24) is 19.7 Å². The van der Waals surface area contributed by atoms with Crippen LogP contribution >= 0.6 is 0 Å². The maximum Gasteiger partial charge on any atom is 0.416 e. The van der Waals surface area contributed by atoms with E-state index in [0.717, 1.165) is 70.4 Å². The summed E-state index contributed by atoms with van der Waals surface area (Å²) in [5, 5.41) is 4.12. The molecule has 0 radical (unpaired) electrons. The molecule has 0 saturated carbocycles. The molecule has 1 saturated heterocycles. The van der Waals surface area contributed by atoms with Gasteiger partial charge in [0, 0.05) is 23.4 Å². The van der Waals surface area contributed by atoms with Crippen molar-refractivity contribution in [2.24, 2.45) is 0 Å². The molecule has 184 valence electrons. The molecule has 2 heterocycles. The fourth-order valence-electron chi connectivity index (χ4n) is 3.27. The number of hydrogen-bond acceptors (Lipinski definition) is 3. The third kappa shape index (κ3) is 5.33. The topological polar surface area (TPSA) is 51.0 Å². The standard InChI is InChI=1S/C22H14F8N4O/c23-20(24)11-33(12-20)17(35)9-10-34-19(14-3-7-16(8-4-14)22(28,29)30)31-18(32-34)13-1-5-15(6-2-13)21(25,26)27/h1-10H,11-12H2/b10-9-. The number of halogens is 8. The SMILES string of the molecule is O=C(/C=C\n1nc(-c2ccc(C(F)(F)F)cc2)nc1-c1ccc(C(F)(F)F)cc1)N1CC(F)(F)C1. The second kappa shape index (κ2) is 8.47.